The van der Waals surface area contributed by atoms with E-state index in [-0.39, 0.29) is 24.3 Å². The number of halogens is 1. The Morgan fingerprint density at radius 2 is 1.77 bits per heavy atom. The van der Waals surface area contributed by atoms with E-state index in [1.165, 1.54) is 30.1 Å². The average Bonchev–Trinajstić information content (AvgIpc) is 3.37. The number of carbonyl (C=O) groups is 1. The monoisotopic (exact) mass is 717 g/mol. The van der Waals surface area contributed by atoms with Gasteiger partial charge in [-0.25, -0.2) is 9.79 Å². The van der Waals surface area contributed by atoms with Gasteiger partial charge in [0.15, 0.2) is 27.8 Å². The third kappa shape index (κ3) is 6.82. The predicted molar refractivity (Wildman–Crippen MR) is 181 cm³/mol. The maximum Gasteiger partial charge on any atom is 0.338 e. The van der Waals surface area contributed by atoms with E-state index in [4.69, 9.17) is 23.7 Å². The van der Waals surface area contributed by atoms with Crippen LogP contribution in [0.1, 0.15) is 49.1 Å². The minimum Gasteiger partial charge on any atom is -0.493 e. The van der Waals surface area contributed by atoms with E-state index in [0.717, 1.165) is 5.56 Å². The quantitative estimate of drug-likeness (QED) is 0.189. The second-order valence-corrected chi connectivity index (χ2v) is 12.1. The van der Waals surface area contributed by atoms with Gasteiger partial charge in [0.25, 0.3) is 5.56 Å². The van der Waals surface area contributed by atoms with Gasteiger partial charge >= 0.3 is 5.97 Å². The van der Waals surface area contributed by atoms with E-state index in [2.05, 4.69) is 27.0 Å². The number of allylic oxidation sites excluding steroid dienone is 1. The molecule has 1 aromatic heterocycles. The Balaban J connectivity index is 1.59. The fourth-order valence-corrected chi connectivity index (χ4v) is 6.82. The Hall–Kier alpha value is -4.86. The summed E-state index contributed by atoms with van der Waals surface area (Å²) in [7, 11) is 3.07. The molecule has 0 spiro atoms. The third-order valence-electron chi connectivity index (χ3n) is 7.40. The highest BCUT2D eigenvalue weighted by Gasteiger charge is 2.35. The van der Waals surface area contributed by atoms with E-state index in [9.17, 15) is 14.9 Å². The molecule has 0 aliphatic carbocycles. The van der Waals surface area contributed by atoms with Crippen molar-refractivity contribution in [3.05, 3.63) is 112 Å². The summed E-state index contributed by atoms with van der Waals surface area (Å²) in [6.07, 6.45) is 1.75. The van der Waals surface area contributed by atoms with Gasteiger partial charge in [0, 0.05) is 10.0 Å². The zero-order valence-corrected chi connectivity index (χ0v) is 28.9. The van der Waals surface area contributed by atoms with Crippen LogP contribution in [-0.2, 0) is 16.1 Å². The highest BCUT2D eigenvalue weighted by Crippen LogP contribution is 2.41. The zero-order valence-electron chi connectivity index (χ0n) is 26.5. The van der Waals surface area contributed by atoms with Crippen LogP contribution in [0.25, 0.3) is 6.08 Å². The van der Waals surface area contributed by atoms with Crippen molar-refractivity contribution in [2.75, 3.05) is 27.4 Å². The summed E-state index contributed by atoms with van der Waals surface area (Å²) in [6, 6.07) is 17.4. The van der Waals surface area contributed by atoms with Gasteiger partial charge in [-0.15, -0.1) is 0 Å². The van der Waals surface area contributed by atoms with Gasteiger partial charge in [0.1, 0.15) is 6.61 Å². The smallest absolute Gasteiger partial charge is 0.338 e. The van der Waals surface area contributed by atoms with Gasteiger partial charge in [-0.2, -0.15) is 5.26 Å². The molecule has 5 rings (SSSR count). The molecular weight excluding hydrogens is 686 g/mol. The standard InChI is InChI=1S/C35H32BrN3O7S/c1-6-44-29-17-25(36)24(16-28(29)43-5)32-31(34(41)45-7-2)20(3)38-35-39(32)33(40)30(47-35)15-21-12-13-26(27(14-21)42-4)46-19-23-11-9-8-10-22(23)18-37/h8-17,32H,6-7,19H2,1-5H3/b30-15+/t32-/m0/s1. The maximum absolute atomic E-state index is 14.2. The van der Waals surface area contributed by atoms with Crippen molar-refractivity contribution in [2.24, 2.45) is 4.99 Å². The van der Waals surface area contributed by atoms with E-state index >= 15 is 0 Å². The summed E-state index contributed by atoms with van der Waals surface area (Å²) in [6.45, 7) is 6.10. The summed E-state index contributed by atoms with van der Waals surface area (Å²) in [5.41, 5.74) is 2.95. The number of thiazole rings is 1. The van der Waals surface area contributed by atoms with E-state index < -0.39 is 12.0 Å². The number of nitriles is 1. The lowest BCUT2D eigenvalue weighted by atomic mass is 9.95. The van der Waals surface area contributed by atoms with Gasteiger partial charge in [0.05, 0.1) is 60.9 Å². The fraction of sp³-hybridized carbons (Fsp3) is 0.257. The lowest BCUT2D eigenvalue weighted by Gasteiger charge is -2.26. The van der Waals surface area contributed by atoms with Crippen molar-refractivity contribution in [2.45, 2.75) is 33.4 Å². The van der Waals surface area contributed by atoms with Crippen LogP contribution in [0.4, 0.5) is 0 Å². The van der Waals surface area contributed by atoms with Gasteiger partial charge in [-0.3, -0.25) is 9.36 Å². The number of aromatic nitrogens is 1. The predicted octanol–water partition coefficient (Wildman–Crippen LogP) is 5.43. The Morgan fingerprint density at radius 3 is 2.47 bits per heavy atom. The Bertz CT molecular complexity index is 2100. The fourth-order valence-electron chi connectivity index (χ4n) is 5.23. The number of esters is 1. The number of nitrogens with zero attached hydrogens (tertiary/aromatic N) is 3. The van der Waals surface area contributed by atoms with Crippen LogP contribution < -0.4 is 33.8 Å². The van der Waals surface area contributed by atoms with Gasteiger partial charge in [-0.05, 0) is 68.3 Å². The number of fused-ring (bicyclic) bond motifs is 1. The van der Waals surface area contributed by atoms with Crippen molar-refractivity contribution < 1.29 is 28.5 Å². The molecule has 2 heterocycles. The minimum atomic E-state index is -0.854. The molecule has 1 aliphatic rings. The molecule has 3 aromatic carbocycles. The molecule has 0 radical (unpaired) electrons. The molecule has 12 heteroatoms. The molecule has 1 atom stereocenters. The first-order valence-electron chi connectivity index (χ1n) is 14.7. The van der Waals surface area contributed by atoms with Crippen molar-refractivity contribution in [1.29, 1.82) is 5.26 Å². The third-order valence-corrected chi connectivity index (χ3v) is 9.07. The molecule has 0 saturated carbocycles. The van der Waals surface area contributed by atoms with Gasteiger partial charge in [-0.1, -0.05) is 51.5 Å². The lowest BCUT2D eigenvalue weighted by Crippen LogP contribution is -2.40. The first-order valence-corrected chi connectivity index (χ1v) is 16.3. The van der Waals surface area contributed by atoms with Crippen molar-refractivity contribution >= 4 is 39.3 Å². The summed E-state index contributed by atoms with van der Waals surface area (Å²) in [5, 5.41) is 9.40. The van der Waals surface area contributed by atoms with E-state index in [1.807, 2.05) is 25.1 Å². The van der Waals surface area contributed by atoms with Crippen LogP contribution in [0, 0.1) is 11.3 Å². The van der Waals surface area contributed by atoms with E-state index in [0.29, 0.717) is 65.8 Å². The molecular formula is C35H32BrN3O7S. The SMILES string of the molecule is CCOC(=O)C1=C(C)N=c2s/c(=C/c3ccc(OCc4ccccc4C#N)c(OC)c3)c(=O)n2[C@H]1c1cc(OC)c(OCC)cc1Br. The van der Waals surface area contributed by atoms with Crippen molar-refractivity contribution in [3.8, 4) is 29.1 Å². The van der Waals surface area contributed by atoms with Gasteiger partial charge in [0.2, 0.25) is 0 Å². The Labute approximate surface area is 283 Å². The van der Waals surface area contributed by atoms with Crippen LogP contribution in [0.3, 0.4) is 0 Å². The maximum atomic E-state index is 14.2. The number of carbonyl (C=O) groups excluding carboxylic acids is 1. The molecule has 242 valence electrons. The topological polar surface area (TPSA) is 121 Å². The number of methoxy groups -OCH3 is 2. The van der Waals surface area contributed by atoms with Crippen molar-refractivity contribution in [3.63, 3.8) is 0 Å². The normalized spacial score (nSPS) is 14.1. The molecule has 0 unspecified atom stereocenters. The first-order chi connectivity index (χ1) is 22.7. The average molecular weight is 719 g/mol. The number of hydrogen-bond donors (Lipinski definition) is 0. The largest absolute Gasteiger partial charge is 0.493 e. The van der Waals surface area contributed by atoms with Crippen LogP contribution in [-0.4, -0.2) is 38.0 Å². The summed E-state index contributed by atoms with van der Waals surface area (Å²) >= 11 is 4.85. The second-order valence-electron chi connectivity index (χ2n) is 10.2. The summed E-state index contributed by atoms with van der Waals surface area (Å²) in [5.74, 6) is 1.36. The summed E-state index contributed by atoms with van der Waals surface area (Å²) < 4.78 is 30.9. The first kappa shape index (κ1) is 33.5. The number of hydrogen-bond acceptors (Lipinski definition) is 10. The minimum absolute atomic E-state index is 0.160. The molecule has 0 bridgehead atoms. The number of ether oxygens (including phenoxy) is 5. The lowest BCUT2D eigenvalue weighted by molar-refractivity contribution is -0.139. The molecule has 47 heavy (non-hydrogen) atoms. The van der Waals surface area contributed by atoms with Crippen LogP contribution in [0.15, 0.2) is 80.1 Å². The molecule has 4 aromatic rings. The van der Waals surface area contributed by atoms with Crippen LogP contribution >= 0.6 is 27.3 Å². The van der Waals surface area contributed by atoms with Crippen molar-refractivity contribution in [1.82, 2.24) is 4.57 Å². The Morgan fingerprint density at radius 1 is 1.02 bits per heavy atom. The van der Waals surface area contributed by atoms with Crippen LogP contribution in [0.5, 0.6) is 23.0 Å². The number of benzene rings is 3. The zero-order chi connectivity index (χ0) is 33.7. The van der Waals surface area contributed by atoms with Crippen LogP contribution in [0.2, 0.25) is 0 Å². The highest BCUT2D eigenvalue weighted by atomic mass is 79.9. The molecule has 0 N–H and O–H groups in total. The summed E-state index contributed by atoms with van der Waals surface area (Å²) in [4.78, 5) is 32.6. The Kier molecular flexibility index (Phi) is 10.5. The van der Waals surface area contributed by atoms with Gasteiger partial charge < -0.3 is 23.7 Å². The second kappa shape index (κ2) is 14.7. The molecule has 0 amide bonds. The van der Waals surface area contributed by atoms with E-state index in [1.54, 1.807) is 56.3 Å². The molecule has 10 nitrogen and oxygen atoms in total. The molecule has 1 aliphatic heterocycles. The molecule has 0 fully saturated rings. The number of rotatable bonds is 11. The molecule has 0 saturated heterocycles. The highest BCUT2D eigenvalue weighted by molar-refractivity contribution is 9.10.